The minimum absolute atomic E-state index is 0.0770. The maximum absolute atomic E-state index is 12.5. The van der Waals surface area contributed by atoms with E-state index in [1.165, 1.54) is 0 Å². The van der Waals surface area contributed by atoms with Crippen LogP contribution in [0.4, 0.5) is 0 Å². The van der Waals surface area contributed by atoms with Gasteiger partial charge < -0.3 is 15.2 Å². The van der Waals surface area contributed by atoms with Crippen LogP contribution in [0.15, 0.2) is 24.5 Å². The van der Waals surface area contributed by atoms with Crippen molar-refractivity contribution in [1.29, 1.82) is 0 Å². The highest BCUT2D eigenvalue weighted by molar-refractivity contribution is 6.19. The van der Waals surface area contributed by atoms with Crippen LogP contribution >= 0.6 is 11.6 Å². The summed E-state index contributed by atoms with van der Waals surface area (Å²) in [6.45, 7) is 5.01. The Bertz CT molecular complexity index is 778. The molecule has 0 bridgehead atoms. The molecule has 25 heavy (non-hydrogen) atoms. The molecule has 0 radical (unpaired) electrons. The van der Waals surface area contributed by atoms with Crippen LogP contribution < -0.4 is 5.32 Å². The second kappa shape index (κ2) is 7.04. The third-order valence-corrected chi connectivity index (χ3v) is 5.38. The first-order chi connectivity index (χ1) is 11.9. The van der Waals surface area contributed by atoms with Crippen LogP contribution in [0.25, 0.3) is 11.0 Å². The number of hydrogen-bond acceptors (Lipinski definition) is 3. The third-order valence-electron chi connectivity index (χ3n) is 4.71. The van der Waals surface area contributed by atoms with Gasteiger partial charge in [-0.1, -0.05) is 0 Å². The zero-order valence-electron chi connectivity index (χ0n) is 14.5. The van der Waals surface area contributed by atoms with Crippen LogP contribution in [0.1, 0.15) is 37.0 Å². The summed E-state index contributed by atoms with van der Waals surface area (Å²) >= 11 is 5.89. The quantitative estimate of drug-likeness (QED) is 0.820. The molecule has 1 aliphatic heterocycles. The van der Waals surface area contributed by atoms with Crippen molar-refractivity contribution in [2.75, 3.05) is 19.0 Å². The summed E-state index contributed by atoms with van der Waals surface area (Å²) in [6, 6.07) is 5.49. The van der Waals surface area contributed by atoms with E-state index in [4.69, 9.17) is 11.6 Å². The van der Waals surface area contributed by atoms with Gasteiger partial charge in [0.25, 0.3) is 5.91 Å². The molecule has 0 atom stereocenters. The first-order valence-corrected chi connectivity index (χ1v) is 9.03. The fraction of sp³-hybridized carbons (Fsp3) is 0.500. The minimum Gasteiger partial charge on any atom is -0.349 e. The van der Waals surface area contributed by atoms with Crippen LogP contribution in [0.5, 0.6) is 0 Å². The number of aromatic nitrogens is 2. The molecule has 0 spiro atoms. The summed E-state index contributed by atoms with van der Waals surface area (Å²) in [6.07, 6.45) is 3.12. The Hall–Kier alpha value is -2.08. The molecule has 2 aromatic rings. The lowest BCUT2D eigenvalue weighted by Crippen LogP contribution is -2.50. The van der Waals surface area contributed by atoms with E-state index in [0.29, 0.717) is 24.5 Å². The monoisotopic (exact) mass is 362 g/mol. The van der Waals surface area contributed by atoms with Crippen molar-refractivity contribution in [3.63, 3.8) is 0 Å². The number of carbonyl (C=O) groups is 2. The van der Waals surface area contributed by atoms with Gasteiger partial charge >= 0.3 is 0 Å². The smallest absolute Gasteiger partial charge is 0.251 e. The van der Waals surface area contributed by atoms with Crippen LogP contribution in [0.2, 0.25) is 0 Å². The Balaban J connectivity index is 1.56. The molecule has 1 fully saturated rings. The van der Waals surface area contributed by atoms with Crippen molar-refractivity contribution >= 4 is 34.4 Å². The number of hydrogen-bond donors (Lipinski definition) is 2. The Kier molecular flexibility index (Phi) is 4.99. The SMILES string of the molecule is CC(C)(CCl)C(=O)N1CCC(NC(=O)c2ccc3nc[nH]c3c2)CC1. The Labute approximate surface area is 151 Å². The maximum atomic E-state index is 12.5. The summed E-state index contributed by atoms with van der Waals surface area (Å²) in [4.78, 5) is 33.9. The molecule has 0 unspecified atom stereocenters. The lowest BCUT2D eigenvalue weighted by atomic mass is 9.92. The van der Waals surface area contributed by atoms with E-state index >= 15 is 0 Å². The van der Waals surface area contributed by atoms with E-state index in [0.717, 1.165) is 23.9 Å². The highest BCUT2D eigenvalue weighted by Crippen LogP contribution is 2.23. The molecule has 6 nitrogen and oxygen atoms in total. The van der Waals surface area contributed by atoms with Crippen molar-refractivity contribution < 1.29 is 9.59 Å². The summed E-state index contributed by atoms with van der Waals surface area (Å²) in [5.74, 6) is 0.290. The van der Waals surface area contributed by atoms with Gasteiger partial charge in [-0.15, -0.1) is 11.6 Å². The number of rotatable bonds is 4. The average Bonchev–Trinajstić information content (AvgIpc) is 3.09. The topological polar surface area (TPSA) is 78.1 Å². The molecule has 2 amide bonds. The molecule has 3 rings (SSSR count). The first-order valence-electron chi connectivity index (χ1n) is 8.50. The van der Waals surface area contributed by atoms with Crippen molar-refractivity contribution in [2.24, 2.45) is 5.41 Å². The van der Waals surface area contributed by atoms with Crippen molar-refractivity contribution in [2.45, 2.75) is 32.7 Å². The fourth-order valence-electron chi connectivity index (χ4n) is 3.06. The Morgan fingerprint density at radius 1 is 1.36 bits per heavy atom. The number of nitrogens with zero attached hydrogens (tertiary/aromatic N) is 2. The average molecular weight is 363 g/mol. The number of carbonyl (C=O) groups excluding carboxylic acids is 2. The minimum atomic E-state index is -0.545. The summed E-state index contributed by atoms with van der Waals surface area (Å²) < 4.78 is 0. The number of likely N-dealkylation sites (tertiary alicyclic amines) is 1. The Morgan fingerprint density at radius 3 is 2.76 bits per heavy atom. The number of H-pyrrole nitrogens is 1. The van der Waals surface area contributed by atoms with Crippen LogP contribution in [0, 0.1) is 5.41 Å². The second-order valence-electron chi connectivity index (χ2n) is 7.19. The molecule has 1 aromatic carbocycles. The second-order valence-corrected chi connectivity index (χ2v) is 7.46. The predicted octanol–water partition coefficient (Wildman–Crippen LogP) is 2.55. The molecule has 1 saturated heterocycles. The van der Waals surface area contributed by atoms with Gasteiger partial charge in [-0.05, 0) is 44.9 Å². The number of piperidine rings is 1. The number of nitrogens with one attached hydrogen (secondary N) is 2. The van der Waals surface area contributed by atoms with Crippen LogP contribution in [-0.4, -0.2) is 51.7 Å². The highest BCUT2D eigenvalue weighted by atomic mass is 35.5. The van der Waals surface area contributed by atoms with E-state index < -0.39 is 5.41 Å². The normalized spacial score (nSPS) is 16.2. The van der Waals surface area contributed by atoms with Gasteiger partial charge in [0.15, 0.2) is 0 Å². The zero-order chi connectivity index (χ0) is 18.0. The van der Waals surface area contributed by atoms with Crippen LogP contribution in [-0.2, 0) is 4.79 Å². The van der Waals surface area contributed by atoms with E-state index in [2.05, 4.69) is 15.3 Å². The van der Waals surface area contributed by atoms with Gasteiger partial charge in [0.1, 0.15) is 0 Å². The number of imidazole rings is 1. The van der Waals surface area contributed by atoms with E-state index in [1.807, 2.05) is 24.8 Å². The van der Waals surface area contributed by atoms with Crippen LogP contribution in [0.3, 0.4) is 0 Å². The molecule has 1 aliphatic rings. The fourth-order valence-corrected chi connectivity index (χ4v) is 3.17. The molecule has 2 N–H and O–H groups in total. The largest absolute Gasteiger partial charge is 0.349 e. The summed E-state index contributed by atoms with van der Waals surface area (Å²) in [7, 11) is 0. The number of alkyl halides is 1. The number of halogens is 1. The molecule has 0 aliphatic carbocycles. The number of amides is 2. The first kappa shape index (κ1) is 17.7. The number of fused-ring (bicyclic) bond motifs is 1. The number of aromatic amines is 1. The van der Waals surface area contributed by atoms with Gasteiger partial charge in [0.05, 0.1) is 22.8 Å². The third kappa shape index (κ3) is 3.79. The lowest BCUT2D eigenvalue weighted by molar-refractivity contribution is -0.140. The molecule has 134 valence electrons. The lowest BCUT2D eigenvalue weighted by Gasteiger charge is -2.36. The van der Waals surface area contributed by atoms with Crippen molar-refractivity contribution in [1.82, 2.24) is 20.2 Å². The van der Waals surface area contributed by atoms with E-state index in [1.54, 1.807) is 18.5 Å². The molecule has 7 heteroatoms. The maximum Gasteiger partial charge on any atom is 0.251 e. The zero-order valence-corrected chi connectivity index (χ0v) is 15.3. The van der Waals surface area contributed by atoms with Gasteiger partial charge in [-0.3, -0.25) is 9.59 Å². The van der Waals surface area contributed by atoms with E-state index in [-0.39, 0.29) is 17.9 Å². The number of benzene rings is 1. The molecule has 0 saturated carbocycles. The predicted molar refractivity (Wildman–Crippen MR) is 97.7 cm³/mol. The van der Waals surface area contributed by atoms with Crippen molar-refractivity contribution in [3.8, 4) is 0 Å². The molecular weight excluding hydrogens is 340 g/mol. The standard InChI is InChI=1S/C18H23ClN4O2/c1-18(2,10-19)17(25)23-7-5-13(6-8-23)22-16(24)12-3-4-14-15(9-12)21-11-20-14/h3-4,9,11,13H,5-8,10H2,1-2H3,(H,20,21)(H,22,24). The summed E-state index contributed by atoms with van der Waals surface area (Å²) in [5.41, 5.74) is 1.75. The Morgan fingerprint density at radius 2 is 2.08 bits per heavy atom. The molecule has 1 aromatic heterocycles. The highest BCUT2D eigenvalue weighted by Gasteiger charge is 2.33. The van der Waals surface area contributed by atoms with Gasteiger partial charge in [0.2, 0.25) is 5.91 Å². The van der Waals surface area contributed by atoms with E-state index in [9.17, 15) is 9.59 Å². The molecular formula is C18H23ClN4O2. The molecule has 2 heterocycles. The van der Waals surface area contributed by atoms with Gasteiger partial charge in [-0.2, -0.15) is 0 Å². The van der Waals surface area contributed by atoms with Gasteiger partial charge in [-0.25, -0.2) is 4.98 Å². The summed E-state index contributed by atoms with van der Waals surface area (Å²) in [5, 5.41) is 3.07. The van der Waals surface area contributed by atoms with Gasteiger partial charge in [0, 0.05) is 30.6 Å². The van der Waals surface area contributed by atoms with Crippen molar-refractivity contribution in [3.05, 3.63) is 30.1 Å².